The van der Waals surface area contributed by atoms with E-state index in [0.29, 0.717) is 0 Å². The molecule has 2 aliphatic rings. The molecule has 4 nitrogen and oxygen atoms in total. The van der Waals surface area contributed by atoms with Crippen LogP contribution in [0.3, 0.4) is 0 Å². The number of benzene rings is 3. The van der Waals surface area contributed by atoms with Gasteiger partial charge in [-0.1, -0.05) is 92.2 Å². The minimum absolute atomic E-state index is 0. The number of anilines is 1. The van der Waals surface area contributed by atoms with Crippen molar-refractivity contribution in [3.63, 3.8) is 0 Å². The summed E-state index contributed by atoms with van der Waals surface area (Å²) in [5.41, 5.74) is 5.66. The summed E-state index contributed by atoms with van der Waals surface area (Å²) in [6, 6.07) is 27.2. The van der Waals surface area contributed by atoms with Gasteiger partial charge in [-0.2, -0.15) is 0 Å². The topological polar surface area (TPSA) is 37.7 Å². The van der Waals surface area contributed by atoms with Crippen LogP contribution in [0.5, 0.6) is 0 Å². The van der Waals surface area contributed by atoms with Gasteiger partial charge in [-0.15, -0.1) is 12.2 Å². The molecule has 3 aromatic rings. The number of fused-ring (bicyclic) bond motifs is 1. The van der Waals surface area contributed by atoms with Gasteiger partial charge in [-0.05, 0) is 42.5 Å². The number of hydrogen-bond donors (Lipinski definition) is 0. The van der Waals surface area contributed by atoms with Gasteiger partial charge in [0.05, 0.1) is 0 Å². The van der Waals surface area contributed by atoms with Crippen LogP contribution >= 0.6 is 0 Å². The molecule has 1 saturated heterocycles. The molecule has 0 atom stereocenters. The SMILES string of the molecule is CC.O=C(/C=C/c1ccccc1)N(c1ccc2c(c1)[N-]CC2)C1CCN(Cc2ccccc2)CC1.[Rb+]. The van der Waals surface area contributed by atoms with Crippen molar-refractivity contribution in [1.29, 1.82) is 0 Å². The molecule has 0 radical (unpaired) electrons. The summed E-state index contributed by atoms with van der Waals surface area (Å²) in [4.78, 5) is 18.0. The van der Waals surface area contributed by atoms with Crippen molar-refractivity contribution in [1.82, 2.24) is 4.90 Å². The predicted molar refractivity (Wildman–Crippen MR) is 147 cm³/mol. The van der Waals surface area contributed by atoms with Crippen LogP contribution in [0.1, 0.15) is 43.4 Å². The summed E-state index contributed by atoms with van der Waals surface area (Å²) in [5.74, 6) is 0.0401. The van der Waals surface area contributed by atoms with Crippen molar-refractivity contribution < 1.29 is 63.0 Å². The van der Waals surface area contributed by atoms with Gasteiger partial charge in [0.1, 0.15) is 0 Å². The van der Waals surface area contributed by atoms with Crippen LogP contribution in [0.4, 0.5) is 11.4 Å². The van der Waals surface area contributed by atoms with Crippen molar-refractivity contribution in [2.24, 2.45) is 0 Å². The average molecular weight is 552 g/mol. The molecule has 2 heterocycles. The predicted octanol–water partition coefficient (Wildman–Crippen LogP) is 3.99. The first-order valence-corrected chi connectivity index (χ1v) is 12.9. The molecule has 0 bridgehead atoms. The molecule has 0 N–H and O–H groups in total. The Labute approximate surface area is 265 Å². The van der Waals surface area contributed by atoms with Crippen molar-refractivity contribution in [2.75, 3.05) is 24.5 Å². The minimum Gasteiger partial charge on any atom is -0.684 e. The molecule has 0 aliphatic carbocycles. The van der Waals surface area contributed by atoms with E-state index in [2.05, 4.69) is 58.7 Å². The number of rotatable bonds is 6. The summed E-state index contributed by atoms with van der Waals surface area (Å²) in [7, 11) is 0. The summed E-state index contributed by atoms with van der Waals surface area (Å²) in [6.45, 7) is 7.79. The number of carbonyl (C=O) groups is 1. The third-order valence-corrected chi connectivity index (χ3v) is 6.64. The maximum absolute atomic E-state index is 13.5. The minimum atomic E-state index is 0. The molecule has 0 saturated carbocycles. The van der Waals surface area contributed by atoms with Crippen LogP contribution in [0, 0.1) is 0 Å². The third kappa shape index (κ3) is 7.72. The molecule has 0 unspecified atom stereocenters. The first kappa shape index (κ1) is 29.0. The Balaban J connectivity index is 0.00000117. The number of amides is 1. The first-order chi connectivity index (χ1) is 17.3. The molecular formula is C31H36N3ORb. The molecule has 2 aliphatic heterocycles. The van der Waals surface area contributed by atoms with E-state index < -0.39 is 0 Å². The van der Waals surface area contributed by atoms with Gasteiger partial charge in [-0.25, -0.2) is 0 Å². The third-order valence-electron chi connectivity index (χ3n) is 6.64. The zero-order chi connectivity index (χ0) is 24.5. The van der Waals surface area contributed by atoms with E-state index in [4.69, 9.17) is 0 Å². The maximum Gasteiger partial charge on any atom is 1.00 e. The molecule has 1 fully saturated rings. The number of piperidine rings is 1. The summed E-state index contributed by atoms with van der Waals surface area (Å²) in [6.07, 6.45) is 6.56. The van der Waals surface area contributed by atoms with Gasteiger partial charge in [-0.3, -0.25) is 9.69 Å². The smallest absolute Gasteiger partial charge is 0.684 e. The average Bonchev–Trinajstić information content (AvgIpc) is 3.39. The second-order valence-corrected chi connectivity index (χ2v) is 8.89. The first-order valence-electron chi connectivity index (χ1n) is 12.9. The fourth-order valence-corrected chi connectivity index (χ4v) is 4.86. The van der Waals surface area contributed by atoms with Gasteiger partial charge < -0.3 is 10.2 Å². The molecule has 0 aromatic heterocycles. The largest absolute Gasteiger partial charge is 1.00 e. The quantitative estimate of drug-likeness (QED) is 0.435. The van der Waals surface area contributed by atoms with Crippen LogP contribution in [0.25, 0.3) is 11.4 Å². The molecule has 1 amide bonds. The van der Waals surface area contributed by atoms with E-state index >= 15 is 0 Å². The monoisotopic (exact) mass is 551 g/mol. The summed E-state index contributed by atoms with van der Waals surface area (Å²) < 4.78 is 0. The second kappa shape index (κ2) is 15.0. The fourth-order valence-electron chi connectivity index (χ4n) is 4.86. The van der Waals surface area contributed by atoms with Crippen LogP contribution in [-0.2, 0) is 17.8 Å². The van der Waals surface area contributed by atoms with E-state index in [1.165, 1.54) is 11.1 Å². The van der Waals surface area contributed by atoms with Crippen LogP contribution < -0.4 is 63.1 Å². The molecule has 36 heavy (non-hydrogen) atoms. The molecule has 5 heteroatoms. The van der Waals surface area contributed by atoms with Crippen molar-refractivity contribution in [2.45, 2.75) is 45.7 Å². The van der Waals surface area contributed by atoms with Gasteiger partial charge in [0.15, 0.2) is 0 Å². The molecule has 3 aromatic carbocycles. The van der Waals surface area contributed by atoms with Crippen molar-refractivity contribution >= 4 is 23.4 Å². The van der Waals surface area contributed by atoms with Crippen LogP contribution in [-0.4, -0.2) is 36.5 Å². The van der Waals surface area contributed by atoms with Crippen LogP contribution in [0.15, 0.2) is 84.9 Å². The Morgan fingerprint density at radius 3 is 2.33 bits per heavy atom. The van der Waals surface area contributed by atoms with E-state index in [9.17, 15) is 4.79 Å². The Morgan fingerprint density at radius 2 is 1.64 bits per heavy atom. The molecular weight excluding hydrogens is 516 g/mol. The normalized spacial score (nSPS) is 15.3. The zero-order valence-corrected chi connectivity index (χ0v) is 26.9. The van der Waals surface area contributed by atoms with E-state index in [1.807, 2.05) is 55.2 Å². The Hall–Kier alpha value is -1.56. The Kier molecular flexibility index (Phi) is 12.1. The van der Waals surface area contributed by atoms with Crippen molar-refractivity contribution in [3.8, 4) is 0 Å². The van der Waals surface area contributed by atoms with E-state index in [-0.39, 0.29) is 70.1 Å². The Morgan fingerprint density at radius 1 is 0.972 bits per heavy atom. The maximum atomic E-state index is 13.5. The van der Waals surface area contributed by atoms with E-state index in [0.717, 1.165) is 62.4 Å². The fraction of sp³-hybridized carbons (Fsp3) is 0.323. The Bertz CT molecular complexity index is 1110. The molecule has 0 spiro atoms. The van der Waals surface area contributed by atoms with Gasteiger partial charge in [0, 0.05) is 37.4 Å². The van der Waals surface area contributed by atoms with Crippen LogP contribution in [0.2, 0.25) is 0 Å². The number of likely N-dealkylation sites (tertiary alicyclic amines) is 1. The van der Waals surface area contributed by atoms with Crippen molar-refractivity contribution in [3.05, 3.63) is 107 Å². The summed E-state index contributed by atoms with van der Waals surface area (Å²) in [5, 5.41) is 4.64. The molecule has 182 valence electrons. The molecule has 5 rings (SSSR count). The van der Waals surface area contributed by atoms with Gasteiger partial charge >= 0.3 is 58.2 Å². The zero-order valence-electron chi connectivity index (χ0n) is 21.9. The summed E-state index contributed by atoms with van der Waals surface area (Å²) >= 11 is 0. The van der Waals surface area contributed by atoms with Gasteiger partial charge in [0.25, 0.3) is 5.91 Å². The number of carbonyl (C=O) groups excluding carboxylic acids is 1. The standard InChI is InChI=1S/C29H30N3O.C2H6.Rb/c33-29(14-11-23-7-3-1-4-8-23)32(27-13-12-25-15-18-30-28(25)21-27)26-16-19-31(20-17-26)22-24-9-5-2-6-10-24;1-2;/h1-14,21,26H,15-20,22H2;1-2H3;/q-1;;+1/b14-11+;;. The number of hydrogen-bond acceptors (Lipinski definition) is 2. The van der Waals surface area contributed by atoms with E-state index in [1.54, 1.807) is 6.08 Å². The van der Waals surface area contributed by atoms with Gasteiger partial charge in [0.2, 0.25) is 0 Å². The second-order valence-electron chi connectivity index (χ2n) is 8.89. The number of nitrogens with zero attached hydrogens (tertiary/aromatic N) is 3.